The lowest BCUT2D eigenvalue weighted by molar-refractivity contribution is -0.110. The van der Waals surface area contributed by atoms with E-state index in [1.807, 2.05) is 53.4 Å². The predicted molar refractivity (Wildman–Crippen MR) is 119 cm³/mol. The summed E-state index contributed by atoms with van der Waals surface area (Å²) in [6.45, 7) is 0.635. The van der Waals surface area contributed by atoms with E-state index in [4.69, 9.17) is 16.7 Å². The molecule has 1 N–H and O–H groups in total. The first-order chi connectivity index (χ1) is 14.7. The second-order valence-electron chi connectivity index (χ2n) is 7.06. The Kier molecular flexibility index (Phi) is 4.65. The van der Waals surface area contributed by atoms with Gasteiger partial charge >= 0.3 is 0 Å². The van der Waals surface area contributed by atoms with E-state index in [0.29, 0.717) is 17.1 Å². The minimum Gasteiger partial charge on any atom is -0.321 e. The number of amides is 1. The van der Waals surface area contributed by atoms with Crippen LogP contribution >= 0.6 is 11.6 Å². The molecule has 1 aliphatic heterocycles. The van der Waals surface area contributed by atoms with Crippen LogP contribution in [0.5, 0.6) is 0 Å². The van der Waals surface area contributed by atoms with Crippen molar-refractivity contribution in [3.8, 4) is 11.3 Å². The van der Waals surface area contributed by atoms with Crippen LogP contribution in [0.2, 0.25) is 5.02 Å². The van der Waals surface area contributed by atoms with E-state index in [0.717, 1.165) is 33.6 Å². The lowest BCUT2D eigenvalue weighted by Gasteiger charge is -2.01. The molecular weight excluding hydrogens is 396 g/mol. The zero-order valence-corrected chi connectivity index (χ0v) is 16.7. The van der Waals surface area contributed by atoms with E-state index >= 15 is 0 Å². The van der Waals surface area contributed by atoms with Crippen LogP contribution in [0, 0.1) is 0 Å². The number of hydrogen-bond donors (Lipinski definition) is 1. The Morgan fingerprint density at radius 2 is 1.93 bits per heavy atom. The lowest BCUT2D eigenvalue weighted by Crippen LogP contribution is -2.03. The molecule has 0 atom stereocenters. The number of anilines is 1. The quantitative estimate of drug-likeness (QED) is 0.472. The third kappa shape index (κ3) is 3.51. The van der Waals surface area contributed by atoms with Crippen molar-refractivity contribution in [2.24, 2.45) is 0 Å². The second-order valence-corrected chi connectivity index (χ2v) is 7.50. The molecule has 2 aromatic carbocycles. The van der Waals surface area contributed by atoms with E-state index < -0.39 is 0 Å². The Morgan fingerprint density at radius 3 is 2.73 bits per heavy atom. The van der Waals surface area contributed by atoms with Gasteiger partial charge in [0.05, 0.1) is 12.2 Å². The average molecular weight is 413 g/mol. The van der Waals surface area contributed by atoms with Crippen LogP contribution in [0.1, 0.15) is 16.7 Å². The van der Waals surface area contributed by atoms with Crippen molar-refractivity contribution in [1.82, 2.24) is 14.8 Å². The zero-order valence-electron chi connectivity index (χ0n) is 15.9. The number of carbonyl (C=O) groups excluding carboxylic acids is 1. The molecule has 1 amide bonds. The number of rotatable bonds is 4. The highest BCUT2D eigenvalue weighted by atomic mass is 35.5. The number of carbonyl (C=O) groups is 1. The van der Waals surface area contributed by atoms with Gasteiger partial charge in [-0.25, -0.2) is 0 Å². The Morgan fingerprint density at radius 1 is 1.07 bits per heavy atom. The van der Waals surface area contributed by atoms with Gasteiger partial charge < -0.3 is 5.32 Å². The topological polar surface area (TPSA) is 59.8 Å². The van der Waals surface area contributed by atoms with E-state index in [9.17, 15) is 4.79 Å². The molecule has 146 valence electrons. The van der Waals surface area contributed by atoms with Gasteiger partial charge in [0, 0.05) is 45.9 Å². The number of aromatic nitrogens is 3. The van der Waals surface area contributed by atoms with Crippen LogP contribution in [-0.2, 0) is 11.3 Å². The lowest BCUT2D eigenvalue weighted by atomic mass is 10.0. The van der Waals surface area contributed by atoms with Crippen molar-refractivity contribution >= 4 is 34.8 Å². The number of hydrogen-bond acceptors (Lipinski definition) is 3. The van der Waals surface area contributed by atoms with Crippen LogP contribution in [0.25, 0.3) is 22.9 Å². The zero-order chi connectivity index (χ0) is 20.5. The monoisotopic (exact) mass is 412 g/mol. The first kappa shape index (κ1) is 18.3. The molecule has 0 bridgehead atoms. The molecule has 2 aromatic heterocycles. The highest BCUT2D eigenvalue weighted by Crippen LogP contribution is 2.36. The summed E-state index contributed by atoms with van der Waals surface area (Å²) in [5, 5.41) is 8.26. The van der Waals surface area contributed by atoms with Gasteiger partial charge in [-0.3, -0.25) is 14.5 Å². The number of halogens is 1. The molecule has 6 heteroatoms. The largest absolute Gasteiger partial charge is 0.321 e. The van der Waals surface area contributed by atoms with Gasteiger partial charge in [-0.1, -0.05) is 48.0 Å². The molecule has 0 spiro atoms. The van der Waals surface area contributed by atoms with Gasteiger partial charge in [-0.2, -0.15) is 5.10 Å². The molecule has 0 saturated heterocycles. The van der Waals surface area contributed by atoms with Crippen molar-refractivity contribution in [3.63, 3.8) is 0 Å². The van der Waals surface area contributed by atoms with Gasteiger partial charge in [0.15, 0.2) is 0 Å². The molecule has 3 heterocycles. The molecule has 4 aromatic rings. The fraction of sp³-hybridized carbons (Fsp3) is 0.0417. The van der Waals surface area contributed by atoms with Crippen molar-refractivity contribution in [2.45, 2.75) is 6.54 Å². The molecular formula is C24H17ClN4O. The normalized spacial score (nSPS) is 14.0. The van der Waals surface area contributed by atoms with E-state index in [-0.39, 0.29) is 5.91 Å². The summed E-state index contributed by atoms with van der Waals surface area (Å²) in [4.78, 5) is 16.9. The molecule has 5 nitrogen and oxygen atoms in total. The van der Waals surface area contributed by atoms with E-state index in [1.54, 1.807) is 24.5 Å². The number of nitrogens with zero attached hydrogens (tertiary/aromatic N) is 3. The first-order valence-electron chi connectivity index (χ1n) is 9.52. The molecule has 0 radical (unpaired) electrons. The summed E-state index contributed by atoms with van der Waals surface area (Å²) >= 11 is 6.07. The van der Waals surface area contributed by atoms with Crippen LogP contribution < -0.4 is 5.32 Å². The molecule has 0 unspecified atom stereocenters. The SMILES string of the molecule is O=C1Nc2cc(Cl)ccc2C1=Cc1cn(Cc2ccccc2)nc1-c1cccnc1. The summed E-state index contributed by atoms with van der Waals surface area (Å²) in [7, 11) is 0. The fourth-order valence-electron chi connectivity index (χ4n) is 3.59. The Bertz CT molecular complexity index is 1260. The number of fused-ring (bicyclic) bond motifs is 1. The number of benzene rings is 2. The predicted octanol–water partition coefficient (Wildman–Crippen LogP) is 5.14. The highest BCUT2D eigenvalue weighted by Gasteiger charge is 2.25. The molecule has 1 aliphatic rings. The number of nitrogens with one attached hydrogen (secondary N) is 1. The molecule has 5 rings (SSSR count). The third-order valence-corrected chi connectivity index (χ3v) is 5.21. The maximum atomic E-state index is 12.6. The van der Waals surface area contributed by atoms with Crippen LogP contribution in [-0.4, -0.2) is 20.7 Å². The minimum atomic E-state index is -0.153. The van der Waals surface area contributed by atoms with Crippen LogP contribution in [0.15, 0.2) is 79.3 Å². The van der Waals surface area contributed by atoms with Crippen molar-refractivity contribution in [3.05, 3.63) is 101 Å². The maximum absolute atomic E-state index is 12.6. The van der Waals surface area contributed by atoms with Gasteiger partial charge in [0.1, 0.15) is 5.69 Å². The molecule has 0 aliphatic carbocycles. The standard InChI is InChI=1S/C24H17ClN4O/c25-19-8-9-20-21(24(30)27-22(20)12-19)11-18-15-29(14-16-5-2-1-3-6-16)28-23(18)17-7-4-10-26-13-17/h1-13,15H,14H2,(H,27,30). The Hall–Kier alpha value is -3.70. The average Bonchev–Trinajstić information content (AvgIpc) is 3.29. The minimum absolute atomic E-state index is 0.153. The second kappa shape index (κ2) is 7.61. The van der Waals surface area contributed by atoms with Crippen molar-refractivity contribution in [2.75, 3.05) is 5.32 Å². The molecule has 0 fully saturated rings. The van der Waals surface area contributed by atoms with Gasteiger partial charge in [-0.05, 0) is 35.9 Å². The van der Waals surface area contributed by atoms with Gasteiger partial charge in [0.25, 0.3) is 5.91 Å². The number of pyridine rings is 1. The smallest absolute Gasteiger partial charge is 0.256 e. The maximum Gasteiger partial charge on any atom is 0.256 e. The van der Waals surface area contributed by atoms with E-state index in [1.165, 1.54) is 0 Å². The summed E-state index contributed by atoms with van der Waals surface area (Å²) < 4.78 is 1.89. The van der Waals surface area contributed by atoms with Crippen LogP contribution in [0.3, 0.4) is 0 Å². The fourth-order valence-corrected chi connectivity index (χ4v) is 3.76. The molecule has 0 saturated carbocycles. The first-order valence-corrected chi connectivity index (χ1v) is 9.90. The van der Waals surface area contributed by atoms with Crippen LogP contribution in [0.4, 0.5) is 5.69 Å². The highest BCUT2D eigenvalue weighted by molar-refractivity contribution is 6.36. The van der Waals surface area contributed by atoms with Gasteiger partial charge in [0.2, 0.25) is 0 Å². The van der Waals surface area contributed by atoms with Crippen molar-refractivity contribution < 1.29 is 4.79 Å². The third-order valence-electron chi connectivity index (χ3n) is 4.98. The Labute approximate surface area is 178 Å². The summed E-state index contributed by atoms with van der Waals surface area (Å²) in [5.41, 5.74) is 5.82. The van der Waals surface area contributed by atoms with E-state index in [2.05, 4.69) is 22.4 Å². The Balaban J connectivity index is 1.61. The summed E-state index contributed by atoms with van der Waals surface area (Å²) in [6.07, 6.45) is 7.35. The summed E-state index contributed by atoms with van der Waals surface area (Å²) in [5.74, 6) is -0.153. The van der Waals surface area contributed by atoms with Crippen molar-refractivity contribution in [1.29, 1.82) is 0 Å². The molecule has 30 heavy (non-hydrogen) atoms. The summed E-state index contributed by atoms with van der Waals surface area (Å²) in [6, 6.07) is 19.4. The van der Waals surface area contributed by atoms with Gasteiger partial charge in [-0.15, -0.1) is 0 Å².